The molecule has 0 unspecified atom stereocenters. The fourth-order valence-corrected chi connectivity index (χ4v) is 1.34. The highest BCUT2D eigenvalue weighted by Crippen LogP contribution is 2.20. The molecule has 0 N–H and O–H groups in total. The maximum absolute atomic E-state index is 10.1. The van der Waals surface area contributed by atoms with Crippen LogP contribution in [0.2, 0.25) is 0 Å². The molecule has 0 aliphatic rings. The molecule has 0 fully saturated rings. The van der Waals surface area contributed by atoms with Crippen molar-refractivity contribution in [1.29, 1.82) is 0 Å². The van der Waals surface area contributed by atoms with Gasteiger partial charge < -0.3 is 4.74 Å². The minimum atomic E-state index is 0.578. The number of hydrogen-bond acceptors (Lipinski definition) is 2. The average molecular weight is 222 g/mol. The molecule has 0 atom stereocenters. The average Bonchev–Trinajstić information content (AvgIpc) is 2.39. The molecule has 2 aromatic rings. The maximum atomic E-state index is 10.1. The van der Waals surface area contributed by atoms with Crippen molar-refractivity contribution in [3.8, 4) is 23.3 Å². The molecule has 0 saturated heterocycles. The quantitative estimate of drug-likeness (QED) is 0.576. The Morgan fingerprint density at radius 2 is 1.53 bits per heavy atom. The smallest absolute Gasteiger partial charge is 0.193 e. The van der Waals surface area contributed by atoms with Gasteiger partial charge in [-0.1, -0.05) is 24.1 Å². The highest BCUT2D eigenvalue weighted by atomic mass is 16.5. The molecule has 2 heteroatoms. The van der Waals surface area contributed by atoms with Gasteiger partial charge in [-0.3, -0.25) is 4.79 Å². The van der Waals surface area contributed by atoms with Gasteiger partial charge >= 0.3 is 0 Å². The number of para-hydroxylation sites is 1. The first kappa shape index (κ1) is 11.0. The summed E-state index contributed by atoms with van der Waals surface area (Å²) in [7, 11) is 0. The Morgan fingerprint density at radius 3 is 2.18 bits per heavy atom. The van der Waals surface area contributed by atoms with Crippen molar-refractivity contribution in [2.75, 3.05) is 0 Å². The van der Waals surface area contributed by atoms with Crippen molar-refractivity contribution in [1.82, 2.24) is 0 Å². The second kappa shape index (κ2) is 5.53. The van der Waals surface area contributed by atoms with Crippen LogP contribution >= 0.6 is 0 Å². The lowest BCUT2D eigenvalue weighted by atomic mass is 10.2. The van der Waals surface area contributed by atoms with Crippen molar-refractivity contribution in [3.05, 3.63) is 60.2 Å². The van der Waals surface area contributed by atoms with Gasteiger partial charge in [-0.15, -0.1) is 0 Å². The van der Waals surface area contributed by atoms with Gasteiger partial charge in [0.1, 0.15) is 11.5 Å². The summed E-state index contributed by atoms with van der Waals surface area (Å²) in [5.74, 6) is 6.61. The zero-order chi connectivity index (χ0) is 11.9. The van der Waals surface area contributed by atoms with Gasteiger partial charge in [0.25, 0.3) is 0 Å². The summed E-state index contributed by atoms with van der Waals surface area (Å²) in [6.07, 6.45) is 0.578. The number of carbonyl (C=O) groups is 1. The van der Waals surface area contributed by atoms with Crippen LogP contribution in [-0.2, 0) is 4.79 Å². The molecule has 2 nitrogen and oxygen atoms in total. The molecule has 0 amide bonds. The van der Waals surface area contributed by atoms with E-state index in [0.29, 0.717) is 6.29 Å². The van der Waals surface area contributed by atoms with E-state index in [2.05, 4.69) is 11.8 Å². The Labute approximate surface area is 99.9 Å². The fraction of sp³-hybridized carbons (Fsp3) is 0. The number of ether oxygens (including phenoxy) is 1. The molecule has 0 spiro atoms. The Hall–Kier alpha value is -2.53. The summed E-state index contributed by atoms with van der Waals surface area (Å²) in [6, 6.07) is 16.8. The van der Waals surface area contributed by atoms with Gasteiger partial charge in [0.15, 0.2) is 6.29 Å². The largest absolute Gasteiger partial charge is 0.457 e. The van der Waals surface area contributed by atoms with E-state index in [9.17, 15) is 4.79 Å². The number of benzene rings is 2. The van der Waals surface area contributed by atoms with Gasteiger partial charge in [-0.25, -0.2) is 0 Å². The molecule has 0 heterocycles. The summed E-state index contributed by atoms with van der Waals surface area (Å²) in [4.78, 5) is 10.1. The van der Waals surface area contributed by atoms with E-state index in [1.165, 1.54) is 0 Å². The standard InChI is InChI=1S/C15H10O2/c16-12-4-5-13-8-10-15(11-9-13)17-14-6-2-1-3-7-14/h1-3,6-12H. The third-order valence-electron chi connectivity index (χ3n) is 2.11. The normalized spacial score (nSPS) is 8.94. The van der Waals surface area contributed by atoms with Crippen LogP contribution in [-0.4, -0.2) is 6.29 Å². The van der Waals surface area contributed by atoms with Crippen molar-refractivity contribution in [2.24, 2.45) is 0 Å². The summed E-state index contributed by atoms with van der Waals surface area (Å²) in [5.41, 5.74) is 0.789. The van der Waals surface area contributed by atoms with Crippen LogP contribution in [0.4, 0.5) is 0 Å². The molecule has 0 aromatic heterocycles. The third-order valence-corrected chi connectivity index (χ3v) is 2.11. The number of rotatable bonds is 2. The van der Waals surface area contributed by atoms with Crippen LogP contribution in [0.25, 0.3) is 0 Å². The van der Waals surface area contributed by atoms with Crippen molar-refractivity contribution < 1.29 is 9.53 Å². The summed E-state index contributed by atoms with van der Waals surface area (Å²) in [6.45, 7) is 0. The van der Waals surface area contributed by atoms with E-state index < -0.39 is 0 Å². The molecular weight excluding hydrogens is 212 g/mol. The van der Waals surface area contributed by atoms with E-state index in [1.807, 2.05) is 54.6 Å². The van der Waals surface area contributed by atoms with E-state index in [0.717, 1.165) is 17.1 Å². The van der Waals surface area contributed by atoms with Gasteiger partial charge in [0, 0.05) is 5.56 Å². The zero-order valence-corrected chi connectivity index (χ0v) is 9.09. The molecule has 0 aliphatic heterocycles. The second-order valence-corrected chi connectivity index (χ2v) is 3.33. The highest BCUT2D eigenvalue weighted by molar-refractivity contribution is 5.73. The molecule has 0 bridgehead atoms. The third kappa shape index (κ3) is 3.22. The van der Waals surface area contributed by atoms with Crippen molar-refractivity contribution >= 4 is 6.29 Å². The van der Waals surface area contributed by atoms with Crippen LogP contribution < -0.4 is 4.74 Å². The number of carbonyl (C=O) groups excluding carboxylic acids is 1. The topological polar surface area (TPSA) is 26.3 Å². The molecule has 17 heavy (non-hydrogen) atoms. The van der Waals surface area contributed by atoms with Crippen molar-refractivity contribution in [3.63, 3.8) is 0 Å². The number of aldehydes is 1. The molecule has 2 rings (SSSR count). The molecule has 0 aliphatic carbocycles. The van der Waals surface area contributed by atoms with Crippen LogP contribution in [0.15, 0.2) is 54.6 Å². The first-order valence-electron chi connectivity index (χ1n) is 5.16. The zero-order valence-electron chi connectivity index (χ0n) is 9.09. The summed E-state index contributed by atoms with van der Waals surface area (Å²) >= 11 is 0. The lowest BCUT2D eigenvalue weighted by Crippen LogP contribution is -1.83. The monoisotopic (exact) mass is 222 g/mol. The Bertz CT molecular complexity index is 545. The van der Waals surface area contributed by atoms with Crippen LogP contribution in [0.1, 0.15) is 5.56 Å². The fourth-order valence-electron chi connectivity index (χ4n) is 1.34. The lowest BCUT2D eigenvalue weighted by molar-refractivity contribution is -0.103. The SMILES string of the molecule is O=CC#Cc1ccc(Oc2ccccc2)cc1. The predicted octanol–water partition coefficient (Wildman–Crippen LogP) is 3.03. The summed E-state index contributed by atoms with van der Waals surface area (Å²) < 4.78 is 5.62. The van der Waals surface area contributed by atoms with Gasteiger partial charge in [-0.2, -0.15) is 0 Å². The predicted molar refractivity (Wildman–Crippen MR) is 65.9 cm³/mol. The lowest BCUT2D eigenvalue weighted by Gasteiger charge is -2.04. The molecule has 0 saturated carbocycles. The van der Waals surface area contributed by atoms with Gasteiger partial charge in [-0.05, 0) is 42.3 Å². The Kier molecular flexibility index (Phi) is 3.57. The Morgan fingerprint density at radius 1 is 0.882 bits per heavy atom. The second-order valence-electron chi connectivity index (χ2n) is 3.33. The van der Waals surface area contributed by atoms with Gasteiger partial charge in [0.2, 0.25) is 0 Å². The van der Waals surface area contributed by atoms with Crippen LogP contribution in [0.3, 0.4) is 0 Å². The summed E-state index contributed by atoms with van der Waals surface area (Å²) in [5, 5.41) is 0. The van der Waals surface area contributed by atoms with E-state index in [1.54, 1.807) is 0 Å². The van der Waals surface area contributed by atoms with Crippen LogP contribution in [0, 0.1) is 11.8 Å². The molecular formula is C15H10O2. The van der Waals surface area contributed by atoms with Crippen molar-refractivity contribution in [2.45, 2.75) is 0 Å². The van der Waals surface area contributed by atoms with Crippen LogP contribution in [0.5, 0.6) is 11.5 Å². The van der Waals surface area contributed by atoms with Gasteiger partial charge in [0.05, 0.1) is 0 Å². The van der Waals surface area contributed by atoms with E-state index in [-0.39, 0.29) is 0 Å². The highest BCUT2D eigenvalue weighted by Gasteiger charge is 1.95. The first-order chi connectivity index (χ1) is 8.38. The Balaban J connectivity index is 2.11. The maximum Gasteiger partial charge on any atom is 0.193 e. The minimum absolute atomic E-state index is 0.578. The molecule has 2 aromatic carbocycles. The molecule has 0 radical (unpaired) electrons. The first-order valence-corrected chi connectivity index (χ1v) is 5.16. The minimum Gasteiger partial charge on any atom is -0.457 e. The van der Waals surface area contributed by atoms with E-state index >= 15 is 0 Å². The number of hydrogen-bond donors (Lipinski definition) is 0. The molecule has 82 valence electrons. The van der Waals surface area contributed by atoms with E-state index in [4.69, 9.17) is 4.74 Å².